The normalized spacial score (nSPS) is 15.5. The van der Waals surface area contributed by atoms with Crippen LogP contribution in [0.15, 0.2) is 54.6 Å². The summed E-state index contributed by atoms with van der Waals surface area (Å²) < 4.78 is 38.4. The van der Waals surface area contributed by atoms with Gasteiger partial charge >= 0.3 is 29.8 Å². The van der Waals surface area contributed by atoms with Crippen molar-refractivity contribution in [1.82, 2.24) is 0 Å². The molecule has 13 nitrogen and oxygen atoms in total. The molecule has 2 heterocycles. The number of hydrogen-bond acceptors (Lipinski definition) is 13. The van der Waals surface area contributed by atoms with Crippen molar-refractivity contribution < 1.29 is 62.2 Å². The highest BCUT2D eigenvalue weighted by molar-refractivity contribution is 5.97. The molecule has 0 aromatic heterocycles. The van der Waals surface area contributed by atoms with Crippen molar-refractivity contribution in [1.29, 1.82) is 0 Å². The summed E-state index contributed by atoms with van der Waals surface area (Å²) in [7, 11) is 1.48. The second kappa shape index (κ2) is 15.7. The van der Waals surface area contributed by atoms with Crippen LogP contribution in [0.5, 0.6) is 23.0 Å². The number of carbonyl (C=O) groups excluding carboxylic acids is 5. The SMILES string of the molecule is COCCOC(=O)CCC(=O)Oc1ccc2c(c1)Oc1cc(OC(=O)CCC(=O)OCCCO)ccc1C21OC(=O)c2cc(C(C)(C)C)ccc21. The first-order chi connectivity index (χ1) is 24.3. The van der Waals surface area contributed by atoms with E-state index in [1.165, 1.54) is 25.3 Å². The highest BCUT2D eigenvalue weighted by Crippen LogP contribution is 2.57. The Morgan fingerprint density at radius 2 is 1.24 bits per heavy atom. The highest BCUT2D eigenvalue weighted by atomic mass is 16.6. The van der Waals surface area contributed by atoms with E-state index in [2.05, 4.69) is 0 Å². The molecule has 270 valence electrons. The standard InChI is InChI=1S/C38H40O13/c1-37(2,3)23-6-9-27-26(20-23)36(44)51-38(27)28-10-7-24(48-34(42)14-12-32(40)46-17-5-16-39)21-30(28)50-31-22-25(8-11-29(31)38)49-35(43)15-13-33(41)47-19-18-45-4/h6-11,20-22,39H,5,12-19H2,1-4H3. The Labute approximate surface area is 294 Å². The van der Waals surface area contributed by atoms with Crippen LogP contribution in [0.3, 0.4) is 0 Å². The third-order valence-electron chi connectivity index (χ3n) is 8.26. The van der Waals surface area contributed by atoms with E-state index in [1.54, 1.807) is 18.2 Å². The van der Waals surface area contributed by atoms with Crippen LogP contribution < -0.4 is 14.2 Å². The number of fused-ring (bicyclic) bond motifs is 6. The van der Waals surface area contributed by atoms with Crippen LogP contribution in [0.2, 0.25) is 0 Å². The lowest BCUT2D eigenvalue weighted by atomic mass is 9.76. The van der Waals surface area contributed by atoms with E-state index in [9.17, 15) is 24.0 Å². The van der Waals surface area contributed by atoms with Gasteiger partial charge in [-0.25, -0.2) is 4.79 Å². The molecule has 1 atom stereocenters. The number of rotatable bonds is 14. The smallest absolute Gasteiger partial charge is 0.340 e. The molecule has 1 N–H and O–H groups in total. The van der Waals surface area contributed by atoms with Gasteiger partial charge in [-0.05, 0) is 41.3 Å². The van der Waals surface area contributed by atoms with Gasteiger partial charge in [0.25, 0.3) is 0 Å². The monoisotopic (exact) mass is 704 g/mol. The van der Waals surface area contributed by atoms with Crippen molar-refractivity contribution >= 4 is 29.8 Å². The molecule has 0 amide bonds. The zero-order valence-corrected chi connectivity index (χ0v) is 28.9. The quantitative estimate of drug-likeness (QED) is 0.103. The Bertz CT molecular complexity index is 1730. The van der Waals surface area contributed by atoms with E-state index in [0.717, 1.165) is 5.56 Å². The van der Waals surface area contributed by atoms with E-state index in [1.807, 2.05) is 39.0 Å². The van der Waals surface area contributed by atoms with E-state index < -0.39 is 35.4 Å². The zero-order chi connectivity index (χ0) is 36.8. The van der Waals surface area contributed by atoms with Crippen molar-refractivity contribution in [2.24, 2.45) is 0 Å². The van der Waals surface area contributed by atoms with Gasteiger partial charge in [-0.2, -0.15) is 0 Å². The number of hydrogen-bond donors (Lipinski definition) is 1. The molecule has 3 aromatic rings. The summed E-state index contributed by atoms with van der Waals surface area (Å²) in [5.74, 6) is -2.42. The van der Waals surface area contributed by atoms with Gasteiger partial charge < -0.3 is 38.3 Å². The predicted octanol–water partition coefficient (Wildman–Crippen LogP) is 5.04. The third-order valence-corrected chi connectivity index (χ3v) is 8.26. The van der Waals surface area contributed by atoms with Crippen molar-refractivity contribution in [3.63, 3.8) is 0 Å². The largest absolute Gasteiger partial charge is 0.466 e. The maximum absolute atomic E-state index is 13.6. The van der Waals surface area contributed by atoms with E-state index >= 15 is 0 Å². The summed E-state index contributed by atoms with van der Waals surface area (Å²) in [6.07, 6.45) is -0.572. The van der Waals surface area contributed by atoms with Crippen LogP contribution in [0, 0.1) is 0 Å². The number of ether oxygens (including phenoxy) is 7. The predicted molar refractivity (Wildman–Crippen MR) is 179 cm³/mol. The molecule has 2 aliphatic heterocycles. The zero-order valence-electron chi connectivity index (χ0n) is 28.9. The Hall–Kier alpha value is -5.27. The second-order valence-corrected chi connectivity index (χ2v) is 13.0. The molecule has 0 saturated carbocycles. The third kappa shape index (κ3) is 8.38. The Balaban J connectivity index is 1.44. The number of aliphatic hydroxyl groups excluding tert-OH is 1. The topological polar surface area (TPSA) is 170 Å². The first-order valence-electron chi connectivity index (χ1n) is 16.5. The summed E-state index contributed by atoms with van der Waals surface area (Å²) in [4.78, 5) is 62.7. The maximum Gasteiger partial charge on any atom is 0.340 e. The molecular weight excluding hydrogens is 664 g/mol. The van der Waals surface area contributed by atoms with Gasteiger partial charge in [0.05, 0.1) is 44.5 Å². The minimum Gasteiger partial charge on any atom is -0.466 e. The number of esters is 5. The lowest BCUT2D eigenvalue weighted by Crippen LogP contribution is -2.33. The number of carbonyl (C=O) groups is 5. The van der Waals surface area contributed by atoms with Crippen LogP contribution in [0.25, 0.3) is 0 Å². The van der Waals surface area contributed by atoms with Gasteiger partial charge in [0, 0.05) is 49.0 Å². The first kappa shape index (κ1) is 37.0. The molecule has 1 spiro atoms. The van der Waals surface area contributed by atoms with Gasteiger partial charge in [0.2, 0.25) is 0 Å². The summed E-state index contributed by atoms with van der Waals surface area (Å²) >= 11 is 0. The van der Waals surface area contributed by atoms with Crippen LogP contribution in [-0.4, -0.2) is 68.5 Å². The maximum atomic E-state index is 13.6. The summed E-state index contributed by atoms with van der Waals surface area (Å²) in [6.45, 7) is 6.36. The number of benzene rings is 3. The van der Waals surface area contributed by atoms with E-state index in [0.29, 0.717) is 28.7 Å². The number of aliphatic hydroxyl groups is 1. The minimum atomic E-state index is -1.46. The highest BCUT2D eigenvalue weighted by Gasteiger charge is 2.54. The van der Waals surface area contributed by atoms with Gasteiger partial charge in [-0.15, -0.1) is 0 Å². The lowest BCUT2D eigenvalue weighted by Gasteiger charge is -2.36. The van der Waals surface area contributed by atoms with Crippen LogP contribution in [0.1, 0.15) is 85.5 Å². The summed E-state index contributed by atoms with van der Waals surface area (Å²) in [6, 6.07) is 14.9. The molecule has 0 fully saturated rings. The van der Waals surface area contributed by atoms with Gasteiger partial charge in [0.1, 0.15) is 29.6 Å². The summed E-state index contributed by atoms with van der Waals surface area (Å²) in [5, 5.41) is 8.84. The molecule has 1 unspecified atom stereocenters. The molecule has 0 bridgehead atoms. The Morgan fingerprint density at radius 3 is 1.76 bits per heavy atom. The fourth-order valence-corrected chi connectivity index (χ4v) is 5.69. The average Bonchev–Trinajstić information content (AvgIpc) is 3.37. The Morgan fingerprint density at radius 1 is 0.706 bits per heavy atom. The van der Waals surface area contributed by atoms with Gasteiger partial charge in [-0.3, -0.25) is 19.2 Å². The van der Waals surface area contributed by atoms with Crippen LogP contribution >= 0.6 is 0 Å². The number of methoxy groups -OCH3 is 1. The van der Waals surface area contributed by atoms with Crippen molar-refractivity contribution in [3.8, 4) is 23.0 Å². The summed E-state index contributed by atoms with van der Waals surface area (Å²) in [5.41, 5.74) is 1.13. The van der Waals surface area contributed by atoms with Gasteiger partial charge in [-0.1, -0.05) is 32.9 Å². The van der Waals surface area contributed by atoms with Crippen molar-refractivity contribution in [2.45, 2.75) is 63.9 Å². The molecule has 13 heteroatoms. The van der Waals surface area contributed by atoms with E-state index in [-0.39, 0.29) is 80.5 Å². The molecular formula is C38H40O13. The molecule has 0 saturated heterocycles. The minimum absolute atomic E-state index is 0.0475. The second-order valence-electron chi connectivity index (χ2n) is 13.0. The van der Waals surface area contributed by atoms with Crippen molar-refractivity contribution in [3.05, 3.63) is 82.4 Å². The average molecular weight is 705 g/mol. The molecule has 2 aliphatic rings. The molecule has 3 aromatic carbocycles. The molecule has 0 aliphatic carbocycles. The lowest BCUT2D eigenvalue weighted by molar-refractivity contribution is -0.148. The Kier molecular flexibility index (Phi) is 11.4. The first-order valence-corrected chi connectivity index (χ1v) is 16.5. The van der Waals surface area contributed by atoms with Crippen LogP contribution in [0.4, 0.5) is 0 Å². The molecule has 5 rings (SSSR count). The van der Waals surface area contributed by atoms with Crippen LogP contribution in [-0.2, 0) is 49.1 Å². The fraction of sp³-hybridized carbons (Fsp3) is 0.395. The van der Waals surface area contributed by atoms with Crippen molar-refractivity contribution in [2.75, 3.05) is 33.5 Å². The molecule has 0 radical (unpaired) electrons. The van der Waals surface area contributed by atoms with Gasteiger partial charge in [0.15, 0.2) is 5.60 Å². The molecule has 51 heavy (non-hydrogen) atoms. The fourth-order valence-electron chi connectivity index (χ4n) is 5.69. The van der Waals surface area contributed by atoms with E-state index in [4.69, 9.17) is 38.3 Å².